The number of likely N-dealkylation sites (N-methyl/N-ethyl adjacent to an activating group) is 1. The molecule has 0 rings (SSSR count). The highest BCUT2D eigenvalue weighted by Crippen LogP contribution is 2.01. The van der Waals surface area contributed by atoms with Crippen LogP contribution in [0.1, 0.15) is 45.4 Å². The first-order valence-corrected chi connectivity index (χ1v) is 7.60. The molecule has 0 radical (unpaired) electrons. The molecule has 0 bridgehead atoms. The van der Waals surface area contributed by atoms with Gasteiger partial charge in [-0.3, -0.25) is 9.59 Å². The quantitative estimate of drug-likeness (QED) is 0.327. The maximum Gasteiger partial charge on any atom is 0.237 e. The van der Waals surface area contributed by atoms with E-state index in [0.29, 0.717) is 6.54 Å². The molecule has 2 atom stereocenters. The van der Waals surface area contributed by atoms with Gasteiger partial charge in [-0.1, -0.05) is 0 Å². The fourth-order valence-corrected chi connectivity index (χ4v) is 1.99. The van der Waals surface area contributed by atoms with Crippen molar-refractivity contribution in [3.05, 3.63) is 0 Å². The highest BCUT2D eigenvalue weighted by Gasteiger charge is 2.15. The minimum Gasteiger partial charge on any atom is -0.358 e. The van der Waals surface area contributed by atoms with Gasteiger partial charge in [0.25, 0.3) is 0 Å². The van der Waals surface area contributed by atoms with Gasteiger partial charge in [0, 0.05) is 19.9 Å². The minimum absolute atomic E-state index is 0.0642. The van der Waals surface area contributed by atoms with Gasteiger partial charge in [0.05, 0.1) is 12.6 Å². The number of Topliss-reactive ketones (excluding diaryl/α,β-unsaturated/α-hetero) is 1. The lowest BCUT2D eigenvalue weighted by Gasteiger charge is -2.15. The van der Waals surface area contributed by atoms with Crippen LogP contribution in [-0.4, -0.2) is 43.9 Å². The van der Waals surface area contributed by atoms with Gasteiger partial charge in [0.2, 0.25) is 5.91 Å². The van der Waals surface area contributed by atoms with E-state index in [1.807, 2.05) is 7.05 Å². The summed E-state index contributed by atoms with van der Waals surface area (Å²) in [4.78, 5) is 22.9. The van der Waals surface area contributed by atoms with Crippen molar-refractivity contribution in [2.75, 3.05) is 20.1 Å². The molecule has 0 aromatic heterocycles. The second-order valence-electron chi connectivity index (χ2n) is 5.28. The van der Waals surface area contributed by atoms with Crippen LogP contribution < -0.4 is 22.1 Å². The van der Waals surface area contributed by atoms with Crippen LogP contribution in [0.3, 0.4) is 0 Å². The fraction of sp³-hybridized carbons (Fsp3) is 0.857. The summed E-state index contributed by atoms with van der Waals surface area (Å²) in [5, 5.41) is 5.99. The molecule has 0 aliphatic heterocycles. The van der Waals surface area contributed by atoms with Crippen molar-refractivity contribution in [1.29, 1.82) is 0 Å². The van der Waals surface area contributed by atoms with Crippen molar-refractivity contribution < 1.29 is 21.1 Å². The molecule has 8 N–H and O–H groups in total. The third-order valence-corrected chi connectivity index (χ3v) is 3.51. The Morgan fingerprint density at radius 2 is 1.75 bits per heavy atom. The Kier molecular flexibility index (Phi) is 11.2. The van der Waals surface area contributed by atoms with Crippen molar-refractivity contribution >= 4 is 11.7 Å². The monoisotopic (exact) mass is 288 g/mol. The molecule has 0 aromatic carbocycles. The third kappa shape index (κ3) is 9.01. The number of rotatable bonds is 12. The first-order chi connectivity index (χ1) is 9.52. The standard InChI is InChI=1S/C14H30N4O2/c1-11(19)12(16)7-4-6-10-18-14(20)13(17-2)8-3-5-9-15/h12-13,17H,3-10,15-16H2,1-2H3,(H,18,20)/p+2. The molecule has 0 fully saturated rings. The van der Waals surface area contributed by atoms with Gasteiger partial charge < -0.3 is 22.1 Å². The molecule has 0 spiro atoms. The molecule has 6 heteroatoms. The van der Waals surface area contributed by atoms with Gasteiger partial charge >= 0.3 is 0 Å². The largest absolute Gasteiger partial charge is 0.358 e. The van der Waals surface area contributed by atoms with Crippen molar-refractivity contribution in [2.24, 2.45) is 0 Å². The molecule has 0 aliphatic carbocycles. The maximum atomic E-state index is 11.9. The molecule has 118 valence electrons. The topological polar surface area (TPSA) is 113 Å². The number of ketones is 1. The molecule has 0 saturated heterocycles. The zero-order chi connectivity index (χ0) is 15.4. The number of unbranched alkanes of at least 4 members (excludes halogenated alkanes) is 2. The summed E-state index contributed by atoms with van der Waals surface area (Å²) in [5.41, 5.74) is 7.60. The minimum atomic E-state index is -0.113. The van der Waals surface area contributed by atoms with E-state index in [1.165, 1.54) is 0 Å². The van der Waals surface area contributed by atoms with Gasteiger partial charge in [-0.15, -0.1) is 0 Å². The number of carbonyl (C=O) groups is 2. The Morgan fingerprint density at radius 1 is 1.10 bits per heavy atom. The second kappa shape index (κ2) is 11.8. The highest BCUT2D eigenvalue weighted by molar-refractivity contribution is 5.81. The number of carbonyl (C=O) groups excluding carboxylic acids is 2. The van der Waals surface area contributed by atoms with Crippen LogP contribution in [0, 0.1) is 0 Å². The van der Waals surface area contributed by atoms with Crippen LogP contribution in [0.15, 0.2) is 0 Å². The maximum absolute atomic E-state index is 11.9. The van der Waals surface area contributed by atoms with Gasteiger partial charge in [-0.05, 0) is 39.2 Å². The Balaban J connectivity index is 3.71. The van der Waals surface area contributed by atoms with Crippen LogP contribution in [0.5, 0.6) is 0 Å². The summed E-state index contributed by atoms with van der Waals surface area (Å²) in [5.74, 6) is 0.198. The van der Waals surface area contributed by atoms with E-state index in [4.69, 9.17) is 0 Å². The van der Waals surface area contributed by atoms with Gasteiger partial charge in [-0.25, -0.2) is 0 Å². The summed E-state index contributed by atoms with van der Waals surface area (Å²) in [6.07, 6.45) is 5.53. The molecule has 20 heavy (non-hydrogen) atoms. The zero-order valence-electron chi connectivity index (χ0n) is 13.0. The van der Waals surface area contributed by atoms with E-state index in [0.717, 1.165) is 45.1 Å². The normalized spacial score (nSPS) is 13.8. The van der Waals surface area contributed by atoms with Crippen LogP contribution in [-0.2, 0) is 9.59 Å². The molecular formula is C14H32N4O2+2. The van der Waals surface area contributed by atoms with Crippen molar-refractivity contribution in [2.45, 2.75) is 57.5 Å². The molecule has 0 heterocycles. The number of quaternary nitrogens is 2. The lowest BCUT2D eigenvalue weighted by molar-refractivity contribution is -0.404. The Hall–Kier alpha value is -0.980. The molecule has 2 unspecified atom stereocenters. The summed E-state index contributed by atoms with van der Waals surface area (Å²) in [6.45, 7) is 3.15. The summed E-state index contributed by atoms with van der Waals surface area (Å²) in [6, 6.07) is -0.224. The van der Waals surface area contributed by atoms with Crippen LogP contribution >= 0.6 is 0 Å². The average molecular weight is 288 g/mol. The van der Waals surface area contributed by atoms with Crippen LogP contribution in [0.25, 0.3) is 0 Å². The number of nitrogens with one attached hydrogen (secondary N) is 2. The number of hydrogen-bond donors (Lipinski definition) is 4. The van der Waals surface area contributed by atoms with Crippen LogP contribution in [0.2, 0.25) is 0 Å². The van der Waals surface area contributed by atoms with E-state index >= 15 is 0 Å². The predicted octanol–water partition coefficient (Wildman–Crippen LogP) is -1.53. The smallest absolute Gasteiger partial charge is 0.237 e. The van der Waals surface area contributed by atoms with Gasteiger partial charge in [0.15, 0.2) is 5.78 Å². The van der Waals surface area contributed by atoms with E-state index in [9.17, 15) is 9.59 Å². The third-order valence-electron chi connectivity index (χ3n) is 3.51. The SMILES string of the molecule is CNC(CCCC[NH3+])C(=O)NCCCCC([NH3+])C(C)=O. The summed E-state index contributed by atoms with van der Waals surface area (Å²) >= 11 is 0. The van der Waals surface area contributed by atoms with Crippen molar-refractivity contribution in [3.63, 3.8) is 0 Å². The number of hydrogen-bond acceptors (Lipinski definition) is 3. The molecule has 0 aromatic rings. The summed E-state index contributed by atoms with van der Waals surface area (Å²) in [7, 11) is 1.81. The molecule has 0 saturated carbocycles. The fourth-order valence-electron chi connectivity index (χ4n) is 1.99. The van der Waals surface area contributed by atoms with Gasteiger partial charge in [0.1, 0.15) is 6.04 Å². The Bertz CT molecular complexity index is 284. The molecule has 6 nitrogen and oxygen atoms in total. The van der Waals surface area contributed by atoms with E-state index in [2.05, 4.69) is 22.1 Å². The average Bonchev–Trinajstić information content (AvgIpc) is 2.42. The van der Waals surface area contributed by atoms with Crippen molar-refractivity contribution in [3.8, 4) is 0 Å². The Morgan fingerprint density at radius 3 is 2.30 bits per heavy atom. The molecule has 1 amide bonds. The number of amides is 1. The van der Waals surface area contributed by atoms with E-state index < -0.39 is 0 Å². The lowest BCUT2D eigenvalue weighted by atomic mass is 10.1. The predicted molar refractivity (Wildman–Crippen MR) is 78.7 cm³/mol. The molecular weight excluding hydrogens is 256 g/mol. The first-order valence-electron chi connectivity index (χ1n) is 7.60. The van der Waals surface area contributed by atoms with Gasteiger partial charge in [-0.2, -0.15) is 0 Å². The zero-order valence-corrected chi connectivity index (χ0v) is 13.0. The highest BCUT2D eigenvalue weighted by atomic mass is 16.2. The van der Waals surface area contributed by atoms with E-state index in [-0.39, 0.29) is 23.8 Å². The lowest BCUT2D eigenvalue weighted by Crippen LogP contribution is -2.64. The second-order valence-corrected chi connectivity index (χ2v) is 5.28. The van der Waals surface area contributed by atoms with Crippen LogP contribution in [0.4, 0.5) is 0 Å². The van der Waals surface area contributed by atoms with E-state index in [1.54, 1.807) is 6.92 Å². The first kappa shape index (κ1) is 19.0. The Labute approximate surface area is 122 Å². The molecule has 0 aliphatic rings. The summed E-state index contributed by atoms with van der Waals surface area (Å²) < 4.78 is 0. The van der Waals surface area contributed by atoms with Crippen molar-refractivity contribution in [1.82, 2.24) is 10.6 Å².